The van der Waals surface area contributed by atoms with Crippen molar-refractivity contribution in [2.24, 2.45) is 0 Å². The van der Waals surface area contributed by atoms with Crippen LogP contribution in [0.4, 0.5) is 11.4 Å². The summed E-state index contributed by atoms with van der Waals surface area (Å²) in [5.74, 6) is -1.04. The van der Waals surface area contributed by atoms with Crippen LogP contribution in [0.5, 0.6) is 0 Å². The molecule has 0 unspecified atom stereocenters. The van der Waals surface area contributed by atoms with Crippen LogP contribution in [0.2, 0.25) is 0 Å². The maximum atomic E-state index is 12.9. The van der Waals surface area contributed by atoms with Crippen molar-refractivity contribution in [2.75, 3.05) is 5.32 Å². The third-order valence-corrected chi connectivity index (χ3v) is 4.22. The quantitative estimate of drug-likeness (QED) is 0.365. The lowest BCUT2D eigenvalue weighted by Gasteiger charge is -2.12. The Morgan fingerprint density at radius 1 is 0.933 bits per heavy atom. The van der Waals surface area contributed by atoms with Gasteiger partial charge in [0.15, 0.2) is 0 Å². The SMILES string of the molecule is Cc1cccc(NC(=O)/C(=C/c2ccccc2)NC(=O)c2ccc([N+](=O)[O-])cc2)c1. The van der Waals surface area contributed by atoms with Crippen molar-refractivity contribution in [1.82, 2.24) is 5.32 Å². The molecule has 0 bridgehead atoms. The molecule has 30 heavy (non-hydrogen) atoms. The number of amides is 2. The Hall–Kier alpha value is -4.26. The number of nitrogens with zero attached hydrogens (tertiary/aromatic N) is 1. The summed E-state index contributed by atoms with van der Waals surface area (Å²) in [5, 5.41) is 16.2. The van der Waals surface area contributed by atoms with Gasteiger partial charge in [-0.1, -0.05) is 42.5 Å². The summed E-state index contributed by atoms with van der Waals surface area (Å²) in [7, 11) is 0. The van der Waals surface area contributed by atoms with Gasteiger partial charge >= 0.3 is 0 Å². The molecule has 0 heterocycles. The van der Waals surface area contributed by atoms with Crippen LogP contribution in [0.25, 0.3) is 6.08 Å². The van der Waals surface area contributed by atoms with Crippen molar-refractivity contribution >= 4 is 29.3 Å². The van der Waals surface area contributed by atoms with Gasteiger partial charge in [-0.3, -0.25) is 19.7 Å². The lowest BCUT2D eigenvalue weighted by molar-refractivity contribution is -0.384. The first-order valence-corrected chi connectivity index (χ1v) is 9.13. The summed E-state index contributed by atoms with van der Waals surface area (Å²) in [5.41, 5.74) is 2.44. The van der Waals surface area contributed by atoms with Crippen LogP contribution in [0.3, 0.4) is 0 Å². The Bertz CT molecular complexity index is 1110. The van der Waals surface area contributed by atoms with E-state index in [0.29, 0.717) is 5.69 Å². The second-order valence-electron chi connectivity index (χ2n) is 6.55. The number of benzene rings is 3. The fourth-order valence-corrected chi connectivity index (χ4v) is 2.72. The van der Waals surface area contributed by atoms with Crippen molar-refractivity contribution in [3.63, 3.8) is 0 Å². The van der Waals surface area contributed by atoms with Gasteiger partial charge in [0.25, 0.3) is 17.5 Å². The monoisotopic (exact) mass is 401 g/mol. The summed E-state index contributed by atoms with van der Waals surface area (Å²) < 4.78 is 0. The standard InChI is InChI=1S/C23H19N3O4/c1-16-6-5-9-19(14-16)24-23(28)21(15-17-7-3-2-4-8-17)25-22(27)18-10-12-20(13-11-18)26(29)30/h2-15H,1H3,(H,24,28)(H,25,27)/b21-15-. The molecule has 7 nitrogen and oxygen atoms in total. The van der Waals surface area contributed by atoms with Crippen LogP contribution in [-0.4, -0.2) is 16.7 Å². The highest BCUT2D eigenvalue weighted by molar-refractivity contribution is 6.10. The number of rotatable bonds is 6. The van der Waals surface area contributed by atoms with Crippen LogP contribution in [-0.2, 0) is 4.79 Å². The molecular formula is C23H19N3O4. The summed E-state index contributed by atoms with van der Waals surface area (Å²) >= 11 is 0. The number of nitrogens with one attached hydrogen (secondary N) is 2. The van der Waals surface area contributed by atoms with Gasteiger partial charge in [-0.25, -0.2) is 0 Å². The smallest absolute Gasteiger partial charge is 0.272 e. The van der Waals surface area contributed by atoms with E-state index in [-0.39, 0.29) is 16.9 Å². The maximum Gasteiger partial charge on any atom is 0.272 e. The van der Waals surface area contributed by atoms with E-state index in [4.69, 9.17) is 0 Å². The largest absolute Gasteiger partial charge is 0.321 e. The Morgan fingerprint density at radius 3 is 2.27 bits per heavy atom. The van der Waals surface area contributed by atoms with Gasteiger partial charge < -0.3 is 10.6 Å². The minimum Gasteiger partial charge on any atom is -0.321 e. The van der Waals surface area contributed by atoms with E-state index in [9.17, 15) is 19.7 Å². The number of nitro benzene ring substituents is 1. The van der Waals surface area contributed by atoms with Crippen molar-refractivity contribution < 1.29 is 14.5 Å². The number of carbonyl (C=O) groups excluding carboxylic acids is 2. The molecule has 0 aliphatic carbocycles. The van der Waals surface area contributed by atoms with E-state index < -0.39 is 16.7 Å². The minimum absolute atomic E-state index is 0.0473. The highest BCUT2D eigenvalue weighted by atomic mass is 16.6. The highest BCUT2D eigenvalue weighted by Crippen LogP contribution is 2.15. The zero-order chi connectivity index (χ0) is 21.5. The van der Waals surface area contributed by atoms with Crippen LogP contribution in [0.1, 0.15) is 21.5 Å². The van der Waals surface area contributed by atoms with E-state index >= 15 is 0 Å². The molecule has 0 aliphatic heterocycles. The van der Waals surface area contributed by atoms with Gasteiger partial charge in [0.2, 0.25) is 0 Å². The van der Waals surface area contributed by atoms with E-state index in [0.717, 1.165) is 11.1 Å². The minimum atomic E-state index is -0.550. The van der Waals surface area contributed by atoms with Gasteiger partial charge in [-0.2, -0.15) is 0 Å². The maximum absolute atomic E-state index is 12.9. The van der Waals surface area contributed by atoms with Crippen molar-refractivity contribution in [1.29, 1.82) is 0 Å². The van der Waals surface area contributed by atoms with E-state index in [2.05, 4.69) is 10.6 Å². The van der Waals surface area contributed by atoms with Crippen LogP contribution < -0.4 is 10.6 Å². The number of hydrogen-bond donors (Lipinski definition) is 2. The van der Waals surface area contributed by atoms with E-state index in [1.54, 1.807) is 24.3 Å². The third-order valence-electron chi connectivity index (χ3n) is 4.22. The molecule has 0 fully saturated rings. The number of nitro groups is 1. The lowest BCUT2D eigenvalue weighted by Crippen LogP contribution is -2.30. The number of non-ortho nitro benzene ring substituents is 1. The lowest BCUT2D eigenvalue weighted by atomic mass is 10.1. The molecule has 0 saturated carbocycles. The molecule has 0 aliphatic rings. The number of anilines is 1. The fourth-order valence-electron chi connectivity index (χ4n) is 2.72. The summed E-state index contributed by atoms with van der Waals surface area (Å²) in [6.07, 6.45) is 1.56. The normalized spacial score (nSPS) is 10.9. The predicted octanol–water partition coefficient (Wildman–Crippen LogP) is 4.31. The third kappa shape index (κ3) is 5.39. The van der Waals surface area contributed by atoms with Crippen LogP contribution >= 0.6 is 0 Å². The molecular weight excluding hydrogens is 382 g/mol. The Labute approximate surface area is 173 Å². The molecule has 0 radical (unpaired) electrons. The zero-order valence-corrected chi connectivity index (χ0v) is 16.2. The van der Waals surface area contributed by atoms with Crippen molar-refractivity contribution in [2.45, 2.75) is 6.92 Å². The van der Waals surface area contributed by atoms with Gasteiger partial charge in [0.05, 0.1) is 4.92 Å². The van der Waals surface area contributed by atoms with Gasteiger partial charge in [0.1, 0.15) is 5.70 Å². The van der Waals surface area contributed by atoms with Gasteiger partial charge in [-0.05, 0) is 48.4 Å². The first-order chi connectivity index (χ1) is 14.4. The molecule has 2 amide bonds. The Morgan fingerprint density at radius 2 is 1.63 bits per heavy atom. The molecule has 0 spiro atoms. The number of aryl methyl sites for hydroxylation is 1. The van der Waals surface area contributed by atoms with Gasteiger partial charge in [-0.15, -0.1) is 0 Å². The van der Waals surface area contributed by atoms with Crippen LogP contribution in [0.15, 0.2) is 84.6 Å². The molecule has 3 aromatic rings. The molecule has 150 valence electrons. The average Bonchev–Trinajstić information content (AvgIpc) is 2.74. The van der Waals surface area contributed by atoms with Crippen molar-refractivity contribution in [3.8, 4) is 0 Å². The molecule has 0 aromatic heterocycles. The number of hydrogen-bond acceptors (Lipinski definition) is 4. The molecule has 3 rings (SSSR count). The summed E-state index contributed by atoms with van der Waals surface area (Å²) in [4.78, 5) is 35.7. The molecule has 0 saturated heterocycles. The summed E-state index contributed by atoms with van der Waals surface area (Å²) in [6.45, 7) is 1.91. The van der Waals surface area contributed by atoms with E-state index in [1.807, 2.05) is 43.3 Å². The molecule has 0 atom stereocenters. The van der Waals surface area contributed by atoms with E-state index in [1.165, 1.54) is 24.3 Å². The first kappa shape index (κ1) is 20.5. The highest BCUT2D eigenvalue weighted by Gasteiger charge is 2.16. The Kier molecular flexibility index (Phi) is 6.34. The average molecular weight is 401 g/mol. The van der Waals surface area contributed by atoms with Crippen LogP contribution in [0, 0.1) is 17.0 Å². The number of carbonyl (C=O) groups is 2. The molecule has 3 aromatic carbocycles. The molecule has 2 N–H and O–H groups in total. The van der Waals surface area contributed by atoms with Gasteiger partial charge in [0, 0.05) is 23.4 Å². The summed E-state index contributed by atoms with van der Waals surface area (Å²) in [6, 6.07) is 21.5. The molecule has 7 heteroatoms. The Balaban J connectivity index is 1.85. The first-order valence-electron chi connectivity index (χ1n) is 9.13. The fraction of sp³-hybridized carbons (Fsp3) is 0.0435. The van der Waals surface area contributed by atoms with Crippen molar-refractivity contribution in [3.05, 3.63) is 111 Å². The topological polar surface area (TPSA) is 101 Å². The predicted molar refractivity (Wildman–Crippen MR) is 115 cm³/mol. The zero-order valence-electron chi connectivity index (χ0n) is 16.2. The second-order valence-corrected chi connectivity index (χ2v) is 6.55. The second kappa shape index (κ2) is 9.29.